The van der Waals surface area contributed by atoms with E-state index >= 15 is 0 Å². The lowest BCUT2D eigenvalue weighted by Gasteiger charge is -2.40. The van der Waals surface area contributed by atoms with Crippen LogP contribution in [0.2, 0.25) is 0 Å². The van der Waals surface area contributed by atoms with Crippen LogP contribution in [0, 0.1) is 5.82 Å². The molecule has 2 rings (SSSR count). The number of aliphatic hydroxyl groups is 1. The summed E-state index contributed by atoms with van der Waals surface area (Å²) in [5.41, 5.74) is -2.68. The van der Waals surface area contributed by atoms with Gasteiger partial charge in [-0.1, -0.05) is 12.1 Å². The van der Waals surface area contributed by atoms with Crippen molar-refractivity contribution in [3.05, 3.63) is 30.1 Å². The number of piperidine rings is 1. The highest BCUT2D eigenvalue weighted by Gasteiger charge is 2.54. The van der Waals surface area contributed by atoms with Crippen molar-refractivity contribution in [2.75, 3.05) is 18.4 Å². The van der Waals surface area contributed by atoms with E-state index in [0.717, 1.165) is 0 Å². The van der Waals surface area contributed by atoms with Gasteiger partial charge in [0, 0.05) is 13.1 Å². The average Bonchev–Trinajstić information content (AvgIpc) is 2.48. The maximum atomic E-state index is 13.5. The predicted octanol–water partition coefficient (Wildman–Crippen LogP) is 2.54. The van der Waals surface area contributed by atoms with E-state index in [4.69, 9.17) is 0 Å². The van der Waals surface area contributed by atoms with Gasteiger partial charge in [0.25, 0.3) is 0 Å². The molecule has 1 unspecified atom stereocenters. The molecule has 1 aliphatic heterocycles. The first-order valence-electron chi connectivity index (χ1n) is 7.22. The highest BCUT2D eigenvalue weighted by molar-refractivity contribution is 5.94. The molecule has 0 saturated carbocycles. The van der Waals surface area contributed by atoms with E-state index in [1.165, 1.54) is 30.0 Å². The number of carbonyl (C=O) groups is 1. The number of likely N-dealkylation sites (tertiary alicyclic amines) is 1. The topological polar surface area (TPSA) is 52.6 Å². The predicted molar refractivity (Wildman–Crippen MR) is 76.3 cm³/mol. The number of nitrogens with one attached hydrogen (secondary N) is 1. The molecule has 0 aliphatic carbocycles. The van der Waals surface area contributed by atoms with Gasteiger partial charge < -0.3 is 10.4 Å². The van der Waals surface area contributed by atoms with Crippen molar-refractivity contribution in [1.82, 2.24) is 4.90 Å². The number of halogens is 4. The number of benzene rings is 1. The number of rotatable bonds is 3. The molecule has 2 N–H and O–H groups in total. The lowest BCUT2D eigenvalue weighted by molar-refractivity contribution is -0.273. The zero-order valence-corrected chi connectivity index (χ0v) is 12.5. The molecule has 128 valence electrons. The molecule has 1 aliphatic rings. The fourth-order valence-electron chi connectivity index (χ4n) is 2.53. The van der Waals surface area contributed by atoms with Crippen molar-refractivity contribution in [3.8, 4) is 0 Å². The fraction of sp³-hybridized carbons (Fsp3) is 0.533. The van der Waals surface area contributed by atoms with Gasteiger partial charge in [0.2, 0.25) is 5.91 Å². The van der Waals surface area contributed by atoms with Gasteiger partial charge in [-0.3, -0.25) is 9.69 Å². The normalized spacial score (nSPS) is 20.1. The first kappa shape index (κ1) is 17.7. The van der Waals surface area contributed by atoms with Crippen LogP contribution in [0.15, 0.2) is 24.3 Å². The average molecular weight is 334 g/mol. The quantitative estimate of drug-likeness (QED) is 0.836. The van der Waals surface area contributed by atoms with Crippen LogP contribution in [0.1, 0.15) is 19.8 Å². The molecular formula is C15H18F4N2O2. The summed E-state index contributed by atoms with van der Waals surface area (Å²) in [6.07, 6.45) is -5.67. The second-order valence-electron chi connectivity index (χ2n) is 5.71. The Balaban J connectivity index is 1.96. The van der Waals surface area contributed by atoms with Crippen LogP contribution in [-0.2, 0) is 4.79 Å². The first-order valence-corrected chi connectivity index (χ1v) is 7.22. The second-order valence-corrected chi connectivity index (χ2v) is 5.71. The number of alkyl halides is 3. The number of carbonyl (C=O) groups excluding carboxylic acids is 1. The number of nitrogens with zero attached hydrogens (tertiary/aromatic N) is 1. The summed E-state index contributed by atoms with van der Waals surface area (Å²) < 4.78 is 51.8. The number of para-hydroxylation sites is 1. The largest absolute Gasteiger partial charge is 0.417 e. The van der Waals surface area contributed by atoms with Crippen LogP contribution >= 0.6 is 0 Å². The van der Waals surface area contributed by atoms with Crippen LogP contribution in [0.4, 0.5) is 23.2 Å². The second kappa shape index (κ2) is 6.45. The molecule has 1 heterocycles. The van der Waals surface area contributed by atoms with Crippen molar-refractivity contribution in [2.24, 2.45) is 0 Å². The van der Waals surface area contributed by atoms with Crippen molar-refractivity contribution < 1.29 is 27.5 Å². The van der Waals surface area contributed by atoms with Crippen LogP contribution in [0.25, 0.3) is 0 Å². The van der Waals surface area contributed by atoms with Gasteiger partial charge in [0.05, 0.1) is 11.7 Å². The maximum Gasteiger partial charge on any atom is 0.417 e. The first-order chi connectivity index (χ1) is 10.6. The molecule has 0 spiro atoms. The van der Waals surface area contributed by atoms with Gasteiger partial charge in [0.1, 0.15) is 5.82 Å². The summed E-state index contributed by atoms with van der Waals surface area (Å²) in [5.74, 6) is -1.09. The van der Waals surface area contributed by atoms with Crippen molar-refractivity contribution in [3.63, 3.8) is 0 Å². The Morgan fingerprint density at radius 1 is 1.30 bits per heavy atom. The van der Waals surface area contributed by atoms with E-state index in [0.29, 0.717) is 0 Å². The highest BCUT2D eigenvalue weighted by atomic mass is 19.4. The SMILES string of the molecule is CC(C(=O)Nc1ccccc1F)N1CCC(O)(C(F)(F)F)CC1. The summed E-state index contributed by atoms with van der Waals surface area (Å²) in [5, 5.41) is 12.0. The Bertz CT molecular complexity index is 569. The van der Waals surface area contributed by atoms with Crippen LogP contribution in [0.5, 0.6) is 0 Å². The number of hydrogen-bond acceptors (Lipinski definition) is 3. The summed E-state index contributed by atoms with van der Waals surface area (Å²) in [6, 6.07) is 4.92. The molecule has 1 aromatic carbocycles. The van der Waals surface area contributed by atoms with Crippen LogP contribution in [0.3, 0.4) is 0 Å². The summed E-state index contributed by atoms with van der Waals surface area (Å²) in [4.78, 5) is 13.7. The monoisotopic (exact) mass is 334 g/mol. The van der Waals surface area contributed by atoms with E-state index in [2.05, 4.69) is 5.32 Å². The van der Waals surface area contributed by atoms with Gasteiger partial charge in [-0.15, -0.1) is 0 Å². The Hall–Kier alpha value is -1.67. The van der Waals surface area contributed by atoms with E-state index in [9.17, 15) is 27.5 Å². The van der Waals surface area contributed by atoms with E-state index in [1.54, 1.807) is 6.07 Å². The molecular weight excluding hydrogens is 316 g/mol. The van der Waals surface area contributed by atoms with Crippen LogP contribution < -0.4 is 5.32 Å². The Labute approximate surface area is 131 Å². The number of anilines is 1. The Kier molecular flexibility index (Phi) is 4.95. The zero-order valence-electron chi connectivity index (χ0n) is 12.5. The summed E-state index contributed by atoms with van der Waals surface area (Å²) in [6.45, 7) is 1.40. The number of amides is 1. The fourth-order valence-corrected chi connectivity index (χ4v) is 2.53. The lowest BCUT2D eigenvalue weighted by Crippen LogP contribution is -2.56. The molecule has 4 nitrogen and oxygen atoms in total. The van der Waals surface area contributed by atoms with E-state index in [-0.39, 0.29) is 18.8 Å². The molecule has 23 heavy (non-hydrogen) atoms. The molecule has 0 aromatic heterocycles. The van der Waals surface area contributed by atoms with E-state index in [1.807, 2.05) is 0 Å². The minimum absolute atomic E-state index is 0.0214. The molecule has 1 fully saturated rings. The smallest absolute Gasteiger partial charge is 0.380 e. The van der Waals surface area contributed by atoms with E-state index < -0.39 is 42.4 Å². The lowest BCUT2D eigenvalue weighted by atomic mass is 9.90. The van der Waals surface area contributed by atoms with Gasteiger partial charge in [0.15, 0.2) is 5.60 Å². The molecule has 1 saturated heterocycles. The van der Waals surface area contributed by atoms with Gasteiger partial charge >= 0.3 is 6.18 Å². The van der Waals surface area contributed by atoms with Crippen LogP contribution in [-0.4, -0.2) is 46.8 Å². The summed E-state index contributed by atoms with van der Waals surface area (Å²) in [7, 11) is 0. The molecule has 8 heteroatoms. The minimum Gasteiger partial charge on any atom is -0.380 e. The third-order valence-corrected chi connectivity index (χ3v) is 4.21. The van der Waals surface area contributed by atoms with Crippen molar-refractivity contribution in [2.45, 2.75) is 37.6 Å². The van der Waals surface area contributed by atoms with Crippen molar-refractivity contribution >= 4 is 11.6 Å². The molecule has 0 radical (unpaired) electrons. The van der Waals surface area contributed by atoms with Gasteiger partial charge in [-0.05, 0) is 31.9 Å². The Morgan fingerprint density at radius 3 is 2.39 bits per heavy atom. The highest BCUT2D eigenvalue weighted by Crippen LogP contribution is 2.38. The third kappa shape index (κ3) is 3.81. The standard InChI is InChI=1S/C15H18F4N2O2/c1-10(13(22)20-12-5-3-2-4-11(12)16)21-8-6-14(23,7-9-21)15(17,18)19/h2-5,10,23H,6-9H2,1H3,(H,20,22). The zero-order chi connectivity index (χ0) is 17.3. The van der Waals surface area contributed by atoms with Gasteiger partial charge in [-0.25, -0.2) is 4.39 Å². The number of hydrogen-bond donors (Lipinski definition) is 2. The summed E-state index contributed by atoms with van der Waals surface area (Å²) >= 11 is 0. The Morgan fingerprint density at radius 2 is 1.87 bits per heavy atom. The molecule has 1 amide bonds. The molecule has 1 atom stereocenters. The van der Waals surface area contributed by atoms with Gasteiger partial charge in [-0.2, -0.15) is 13.2 Å². The molecule has 1 aromatic rings. The minimum atomic E-state index is -4.68. The maximum absolute atomic E-state index is 13.5. The molecule has 0 bridgehead atoms. The third-order valence-electron chi connectivity index (χ3n) is 4.21. The van der Waals surface area contributed by atoms with Crippen molar-refractivity contribution in [1.29, 1.82) is 0 Å².